The van der Waals surface area contributed by atoms with Crippen LogP contribution in [0.2, 0.25) is 0 Å². The van der Waals surface area contributed by atoms with Crippen molar-refractivity contribution in [1.82, 2.24) is 20.1 Å². The van der Waals surface area contributed by atoms with Gasteiger partial charge in [0.25, 0.3) is 0 Å². The van der Waals surface area contributed by atoms with Gasteiger partial charge in [-0.1, -0.05) is 0 Å². The molecule has 2 rings (SSSR count). The maximum Gasteiger partial charge on any atom is 0.328 e. The van der Waals surface area contributed by atoms with Crippen LogP contribution in [0.15, 0.2) is 0 Å². The predicted molar refractivity (Wildman–Crippen MR) is 109 cm³/mol. The number of pyridine rings is 1. The minimum atomic E-state index is -0.650. The van der Waals surface area contributed by atoms with Gasteiger partial charge in [-0.2, -0.15) is 5.10 Å². The number of hydrogen-bond acceptors (Lipinski definition) is 5. The van der Waals surface area contributed by atoms with Crippen molar-refractivity contribution in [3.8, 4) is 0 Å². The molecule has 2 aromatic rings. The molecule has 0 bridgehead atoms. The molecule has 0 aliphatic carbocycles. The van der Waals surface area contributed by atoms with E-state index in [9.17, 15) is 9.59 Å². The Balaban J connectivity index is 2.23. The third-order valence-electron chi connectivity index (χ3n) is 4.83. The Hall–Kier alpha value is -2.44. The van der Waals surface area contributed by atoms with E-state index in [1.165, 1.54) is 0 Å². The van der Waals surface area contributed by atoms with Crippen molar-refractivity contribution in [3.05, 3.63) is 22.5 Å². The second kappa shape index (κ2) is 8.29. The van der Waals surface area contributed by atoms with Crippen molar-refractivity contribution in [2.45, 2.75) is 79.8 Å². The molecule has 2 aromatic heterocycles. The average molecular weight is 389 g/mol. The van der Waals surface area contributed by atoms with E-state index in [2.05, 4.69) is 33.0 Å². The van der Waals surface area contributed by atoms with E-state index in [-0.39, 0.29) is 17.9 Å². The maximum atomic E-state index is 12.3. The number of aryl methyl sites for hydroxylation is 3. The normalized spacial score (nSPS) is 12.9. The molecule has 0 aliphatic rings. The molecule has 0 spiro atoms. The van der Waals surface area contributed by atoms with Gasteiger partial charge in [-0.3, -0.25) is 4.79 Å². The highest BCUT2D eigenvalue weighted by atomic mass is 16.5. The van der Waals surface area contributed by atoms with E-state index < -0.39 is 12.0 Å². The van der Waals surface area contributed by atoms with E-state index in [0.717, 1.165) is 33.5 Å². The molecule has 0 saturated heterocycles. The quantitative estimate of drug-likeness (QED) is 0.769. The van der Waals surface area contributed by atoms with Gasteiger partial charge in [-0.05, 0) is 72.9 Å². The molecule has 28 heavy (non-hydrogen) atoms. The Morgan fingerprint density at radius 2 is 1.82 bits per heavy atom. The van der Waals surface area contributed by atoms with Crippen LogP contribution >= 0.6 is 0 Å². The molecule has 0 saturated carbocycles. The molecule has 0 radical (unpaired) electrons. The zero-order chi connectivity index (χ0) is 21.2. The number of hydrogen-bond donors (Lipinski definition) is 1. The second-order valence-corrected chi connectivity index (χ2v) is 8.21. The lowest BCUT2D eigenvalue weighted by Gasteiger charge is -2.20. The van der Waals surface area contributed by atoms with Crippen LogP contribution in [0.3, 0.4) is 0 Å². The van der Waals surface area contributed by atoms with Crippen molar-refractivity contribution in [3.63, 3.8) is 0 Å². The highest BCUT2D eigenvalue weighted by molar-refractivity contribution is 5.85. The fraction of sp³-hybridized carbons (Fsp3) is 0.619. The molecule has 1 atom stereocenters. The fourth-order valence-electron chi connectivity index (χ4n) is 3.42. The summed E-state index contributed by atoms with van der Waals surface area (Å²) in [6, 6.07) is -0.650. The molecule has 1 amide bonds. The summed E-state index contributed by atoms with van der Waals surface area (Å²) in [5.74, 6) is -0.599. The molecule has 7 heteroatoms. The van der Waals surface area contributed by atoms with Gasteiger partial charge in [-0.15, -0.1) is 0 Å². The Labute approximate surface area is 166 Å². The van der Waals surface area contributed by atoms with Gasteiger partial charge in [0.2, 0.25) is 5.91 Å². The first-order chi connectivity index (χ1) is 13.0. The number of esters is 1. The van der Waals surface area contributed by atoms with Crippen molar-refractivity contribution in [2.75, 3.05) is 6.61 Å². The van der Waals surface area contributed by atoms with Crippen LogP contribution in [0.4, 0.5) is 0 Å². The number of carbonyl (C=O) groups is 2. The second-order valence-electron chi connectivity index (χ2n) is 8.21. The summed E-state index contributed by atoms with van der Waals surface area (Å²) in [6.45, 7) is 16.0. The highest BCUT2D eigenvalue weighted by Crippen LogP contribution is 2.29. The average Bonchev–Trinajstić information content (AvgIpc) is 2.91. The van der Waals surface area contributed by atoms with Crippen LogP contribution in [-0.4, -0.2) is 39.3 Å². The smallest absolute Gasteiger partial charge is 0.328 e. The number of nitrogens with zero attached hydrogens (tertiary/aromatic N) is 3. The summed E-state index contributed by atoms with van der Waals surface area (Å²) >= 11 is 0. The molecule has 0 aromatic carbocycles. The number of ether oxygens (including phenoxy) is 1. The summed E-state index contributed by atoms with van der Waals surface area (Å²) in [4.78, 5) is 28.8. The van der Waals surface area contributed by atoms with Gasteiger partial charge in [0.1, 0.15) is 6.04 Å². The van der Waals surface area contributed by atoms with E-state index in [1.807, 2.05) is 18.5 Å². The fourth-order valence-corrected chi connectivity index (χ4v) is 3.42. The van der Waals surface area contributed by atoms with Crippen molar-refractivity contribution < 1.29 is 14.3 Å². The van der Waals surface area contributed by atoms with Crippen molar-refractivity contribution in [2.24, 2.45) is 0 Å². The zero-order valence-corrected chi connectivity index (χ0v) is 18.3. The molecule has 0 unspecified atom stereocenters. The van der Waals surface area contributed by atoms with E-state index in [1.54, 1.807) is 13.8 Å². The van der Waals surface area contributed by atoms with Crippen LogP contribution in [0.5, 0.6) is 0 Å². The number of carbonyl (C=O) groups excluding carboxylic acids is 2. The van der Waals surface area contributed by atoms with Crippen LogP contribution < -0.4 is 5.32 Å². The molecule has 1 N–H and O–H groups in total. The molecule has 154 valence electrons. The molecule has 2 heterocycles. The van der Waals surface area contributed by atoms with Gasteiger partial charge in [-0.25, -0.2) is 14.5 Å². The largest absolute Gasteiger partial charge is 0.464 e. The third-order valence-corrected chi connectivity index (χ3v) is 4.83. The Morgan fingerprint density at radius 1 is 1.18 bits per heavy atom. The van der Waals surface area contributed by atoms with Crippen molar-refractivity contribution >= 4 is 22.9 Å². The third kappa shape index (κ3) is 4.51. The number of amides is 1. The number of fused-ring (bicyclic) bond motifs is 1. The van der Waals surface area contributed by atoms with Gasteiger partial charge in [0, 0.05) is 17.5 Å². The maximum absolute atomic E-state index is 12.3. The summed E-state index contributed by atoms with van der Waals surface area (Å²) in [5.41, 5.74) is 4.73. The lowest BCUT2D eigenvalue weighted by molar-refractivity contribution is -0.146. The topological polar surface area (TPSA) is 86.1 Å². The Kier molecular flexibility index (Phi) is 6.47. The van der Waals surface area contributed by atoms with Crippen molar-refractivity contribution in [1.29, 1.82) is 0 Å². The first kappa shape index (κ1) is 21.9. The van der Waals surface area contributed by atoms with E-state index in [0.29, 0.717) is 13.0 Å². The Bertz CT molecular complexity index is 893. The van der Waals surface area contributed by atoms with E-state index >= 15 is 0 Å². The molecule has 0 fully saturated rings. The van der Waals surface area contributed by atoms with Crippen LogP contribution in [0.25, 0.3) is 11.0 Å². The molecular formula is C21H32N4O3. The number of nitrogens with one attached hydrogen (secondary N) is 1. The summed E-state index contributed by atoms with van der Waals surface area (Å²) < 4.78 is 6.89. The lowest BCUT2D eigenvalue weighted by atomic mass is 9.99. The summed E-state index contributed by atoms with van der Waals surface area (Å²) in [5, 5.41) is 8.45. The number of aromatic nitrogens is 3. The zero-order valence-electron chi connectivity index (χ0n) is 18.3. The monoisotopic (exact) mass is 388 g/mol. The van der Waals surface area contributed by atoms with Gasteiger partial charge >= 0.3 is 5.97 Å². The van der Waals surface area contributed by atoms with Gasteiger partial charge in [0.05, 0.1) is 17.8 Å². The summed E-state index contributed by atoms with van der Waals surface area (Å²) in [6.07, 6.45) is 0.840. The van der Waals surface area contributed by atoms with Gasteiger partial charge < -0.3 is 10.1 Å². The minimum Gasteiger partial charge on any atom is -0.464 e. The SMILES string of the molecule is CCOC(=O)[C@@H](C)NC(=O)CCc1c(C)nc2c(c(C)nn2C(C)(C)C)c1C. The number of rotatable bonds is 6. The standard InChI is InChI=1S/C21H32N4O3/c1-9-28-20(27)15(5)22-17(26)11-10-16-12(2)18-14(4)24-25(21(6,7)8)19(18)23-13(16)3/h15H,9-11H2,1-8H3,(H,22,26)/t15-/m1/s1. The molecule has 0 aliphatic heterocycles. The van der Waals surface area contributed by atoms with Crippen LogP contribution in [0, 0.1) is 20.8 Å². The molecule has 7 nitrogen and oxygen atoms in total. The van der Waals surface area contributed by atoms with Crippen LogP contribution in [0.1, 0.15) is 63.6 Å². The summed E-state index contributed by atoms with van der Waals surface area (Å²) in [7, 11) is 0. The molecular weight excluding hydrogens is 356 g/mol. The minimum absolute atomic E-state index is 0.164. The van der Waals surface area contributed by atoms with E-state index in [4.69, 9.17) is 14.8 Å². The Morgan fingerprint density at radius 3 is 2.39 bits per heavy atom. The highest BCUT2D eigenvalue weighted by Gasteiger charge is 2.23. The first-order valence-corrected chi connectivity index (χ1v) is 9.79. The first-order valence-electron chi connectivity index (χ1n) is 9.79. The lowest BCUT2D eigenvalue weighted by Crippen LogP contribution is -2.39. The predicted octanol–water partition coefficient (Wildman–Crippen LogP) is 3.11. The van der Waals surface area contributed by atoms with Gasteiger partial charge in [0.15, 0.2) is 5.65 Å². The van der Waals surface area contributed by atoms with Crippen LogP contribution in [-0.2, 0) is 26.3 Å².